The van der Waals surface area contributed by atoms with Crippen LogP contribution in [0.3, 0.4) is 0 Å². The molecule has 1 aromatic heterocycles. The lowest BCUT2D eigenvalue weighted by Crippen LogP contribution is -2.27. The molecular formula is C12H17N3O2S. The van der Waals surface area contributed by atoms with Gasteiger partial charge in [0.15, 0.2) is 0 Å². The molecule has 0 saturated carbocycles. The molecule has 0 amide bonds. The standard InChI is InChI=1S/C12H17N3O2S/c16-18(17)5-2-9(3-6-18)12-14-7-10-1-4-13-8-11(10)15-12/h7,9,13H,1-6,8H2. The highest BCUT2D eigenvalue weighted by molar-refractivity contribution is 7.91. The van der Waals surface area contributed by atoms with Gasteiger partial charge in [-0.2, -0.15) is 0 Å². The molecule has 0 aliphatic carbocycles. The molecule has 1 saturated heterocycles. The molecule has 2 aliphatic rings. The topological polar surface area (TPSA) is 72.0 Å². The Bertz CT molecular complexity index is 542. The first-order valence-electron chi connectivity index (χ1n) is 6.40. The van der Waals surface area contributed by atoms with E-state index in [0.717, 1.165) is 31.0 Å². The summed E-state index contributed by atoms with van der Waals surface area (Å²) in [5.74, 6) is 1.58. The van der Waals surface area contributed by atoms with Gasteiger partial charge in [0.1, 0.15) is 15.7 Å². The van der Waals surface area contributed by atoms with Crippen LogP contribution in [-0.2, 0) is 22.8 Å². The van der Waals surface area contributed by atoms with E-state index in [0.29, 0.717) is 12.8 Å². The van der Waals surface area contributed by atoms with E-state index in [9.17, 15) is 8.42 Å². The Morgan fingerprint density at radius 2 is 2.06 bits per heavy atom. The van der Waals surface area contributed by atoms with Gasteiger partial charge in [0.25, 0.3) is 0 Å². The van der Waals surface area contributed by atoms with Crippen LogP contribution in [0.2, 0.25) is 0 Å². The zero-order chi connectivity index (χ0) is 12.6. The minimum atomic E-state index is -2.81. The molecule has 0 bridgehead atoms. The van der Waals surface area contributed by atoms with Crippen molar-refractivity contribution in [1.82, 2.24) is 15.3 Å². The summed E-state index contributed by atoms with van der Waals surface area (Å²) in [5.41, 5.74) is 2.31. The first-order valence-corrected chi connectivity index (χ1v) is 8.22. The summed E-state index contributed by atoms with van der Waals surface area (Å²) >= 11 is 0. The predicted molar refractivity (Wildman–Crippen MR) is 68.1 cm³/mol. The van der Waals surface area contributed by atoms with Crippen LogP contribution < -0.4 is 5.32 Å². The Kier molecular flexibility index (Phi) is 3.07. The second-order valence-corrected chi connectivity index (χ2v) is 7.36. The Hall–Kier alpha value is -1.01. The summed E-state index contributed by atoms with van der Waals surface area (Å²) in [6, 6.07) is 0. The number of hydrogen-bond donors (Lipinski definition) is 1. The van der Waals surface area contributed by atoms with Crippen molar-refractivity contribution in [3.63, 3.8) is 0 Å². The van der Waals surface area contributed by atoms with Crippen LogP contribution in [-0.4, -0.2) is 36.4 Å². The fourth-order valence-electron chi connectivity index (χ4n) is 2.59. The van der Waals surface area contributed by atoms with Gasteiger partial charge in [-0.1, -0.05) is 0 Å². The summed E-state index contributed by atoms with van der Waals surface area (Å²) in [6.07, 6.45) is 4.22. The van der Waals surface area contributed by atoms with Crippen molar-refractivity contribution < 1.29 is 8.42 Å². The maximum atomic E-state index is 11.4. The molecule has 0 spiro atoms. The molecule has 1 N–H and O–H groups in total. The monoisotopic (exact) mass is 267 g/mol. The van der Waals surface area contributed by atoms with Crippen molar-refractivity contribution in [3.8, 4) is 0 Å². The third-order valence-corrected chi connectivity index (χ3v) is 5.47. The van der Waals surface area contributed by atoms with E-state index < -0.39 is 9.84 Å². The van der Waals surface area contributed by atoms with Gasteiger partial charge in [-0.15, -0.1) is 0 Å². The Morgan fingerprint density at radius 3 is 2.83 bits per heavy atom. The van der Waals surface area contributed by atoms with Crippen molar-refractivity contribution in [2.24, 2.45) is 0 Å². The minimum Gasteiger partial charge on any atom is -0.311 e. The fourth-order valence-corrected chi connectivity index (χ4v) is 4.09. The third-order valence-electron chi connectivity index (χ3n) is 3.76. The van der Waals surface area contributed by atoms with E-state index in [1.54, 1.807) is 0 Å². The van der Waals surface area contributed by atoms with Gasteiger partial charge in [-0.25, -0.2) is 18.4 Å². The smallest absolute Gasteiger partial charge is 0.150 e. The van der Waals surface area contributed by atoms with E-state index in [1.165, 1.54) is 5.56 Å². The van der Waals surface area contributed by atoms with Gasteiger partial charge < -0.3 is 5.32 Å². The third kappa shape index (κ3) is 2.40. The zero-order valence-electron chi connectivity index (χ0n) is 10.2. The molecule has 2 aliphatic heterocycles. The van der Waals surface area contributed by atoms with Gasteiger partial charge >= 0.3 is 0 Å². The van der Waals surface area contributed by atoms with Crippen molar-refractivity contribution in [2.45, 2.75) is 31.7 Å². The normalized spacial score (nSPS) is 23.6. The molecule has 0 aromatic carbocycles. The predicted octanol–water partition coefficient (Wildman–Crippen LogP) is 0.414. The minimum absolute atomic E-state index is 0.209. The molecule has 1 fully saturated rings. The Morgan fingerprint density at radius 1 is 1.28 bits per heavy atom. The molecule has 0 radical (unpaired) electrons. The van der Waals surface area contributed by atoms with Crippen molar-refractivity contribution in [3.05, 3.63) is 23.3 Å². The summed E-state index contributed by atoms with van der Waals surface area (Å²) < 4.78 is 22.8. The highest BCUT2D eigenvalue weighted by Gasteiger charge is 2.27. The summed E-state index contributed by atoms with van der Waals surface area (Å²) in [4.78, 5) is 9.05. The molecule has 98 valence electrons. The van der Waals surface area contributed by atoms with Crippen molar-refractivity contribution >= 4 is 9.84 Å². The van der Waals surface area contributed by atoms with Crippen LogP contribution in [0.1, 0.15) is 35.8 Å². The molecule has 6 heteroatoms. The number of aromatic nitrogens is 2. The van der Waals surface area contributed by atoms with Gasteiger partial charge in [-0.3, -0.25) is 0 Å². The van der Waals surface area contributed by atoms with Gasteiger partial charge in [-0.05, 0) is 31.4 Å². The van der Waals surface area contributed by atoms with E-state index in [1.807, 2.05) is 6.20 Å². The van der Waals surface area contributed by atoms with Crippen LogP contribution >= 0.6 is 0 Å². The summed E-state index contributed by atoms with van der Waals surface area (Å²) in [7, 11) is -2.81. The number of sulfone groups is 1. The zero-order valence-corrected chi connectivity index (χ0v) is 11.0. The molecule has 0 unspecified atom stereocenters. The highest BCUT2D eigenvalue weighted by atomic mass is 32.2. The van der Waals surface area contributed by atoms with Crippen molar-refractivity contribution in [2.75, 3.05) is 18.1 Å². The van der Waals surface area contributed by atoms with Crippen molar-refractivity contribution in [1.29, 1.82) is 0 Å². The Labute approximate surface area is 107 Å². The number of hydrogen-bond acceptors (Lipinski definition) is 5. The van der Waals surface area contributed by atoms with E-state index in [-0.39, 0.29) is 17.4 Å². The van der Waals surface area contributed by atoms with E-state index >= 15 is 0 Å². The number of rotatable bonds is 1. The number of fused-ring (bicyclic) bond motifs is 1. The van der Waals surface area contributed by atoms with Gasteiger partial charge in [0.05, 0.1) is 17.2 Å². The highest BCUT2D eigenvalue weighted by Crippen LogP contribution is 2.27. The van der Waals surface area contributed by atoms with Gasteiger partial charge in [0, 0.05) is 18.7 Å². The van der Waals surface area contributed by atoms with Crippen LogP contribution in [0.25, 0.3) is 0 Å². The maximum absolute atomic E-state index is 11.4. The van der Waals surface area contributed by atoms with Crippen LogP contribution in [0.15, 0.2) is 6.20 Å². The lowest BCUT2D eigenvalue weighted by atomic mass is 10.0. The number of nitrogens with zero attached hydrogens (tertiary/aromatic N) is 2. The van der Waals surface area contributed by atoms with E-state index in [4.69, 9.17) is 0 Å². The SMILES string of the molecule is O=S1(=O)CCC(c2ncc3c(n2)CNCC3)CC1. The second kappa shape index (κ2) is 4.59. The molecule has 3 rings (SSSR count). The van der Waals surface area contributed by atoms with Gasteiger partial charge in [0.2, 0.25) is 0 Å². The average molecular weight is 267 g/mol. The summed E-state index contributed by atoms with van der Waals surface area (Å²) in [6.45, 7) is 1.78. The van der Waals surface area contributed by atoms with Crippen LogP contribution in [0.4, 0.5) is 0 Å². The lowest BCUT2D eigenvalue weighted by Gasteiger charge is -2.22. The lowest BCUT2D eigenvalue weighted by molar-refractivity contribution is 0.530. The first-order chi connectivity index (χ1) is 8.64. The Balaban J connectivity index is 1.81. The van der Waals surface area contributed by atoms with Crippen LogP contribution in [0, 0.1) is 0 Å². The molecule has 1 aromatic rings. The fraction of sp³-hybridized carbons (Fsp3) is 0.667. The average Bonchev–Trinajstić information content (AvgIpc) is 2.38. The van der Waals surface area contributed by atoms with E-state index in [2.05, 4.69) is 15.3 Å². The molecule has 18 heavy (non-hydrogen) atoms. The first kappa shape index (κ1) is 12.0. The molecule has 0 atom stereocenters. The maximum Gasteiger partial charge on any atom is 0.150 e. The largest absolute Gasteiger partial charge is 0.311 e. The molecular weight excluding hydrogens is 250 g/mol. The summed E-state index contributed by atoms with van der Waals surface area (Å²) in [5, 5.41) is 3.30. The van der Waals surface area contributed by atoms with Crippen LogP contribution in [0.5, 0.6) is 0 Å². The second-order valence-electron chi connectivity index (χ2n) is 5.05. The molecule has 5 nitrogen and oxygen atoms in total. The quantitative estimate of drug-likeness (QED) is 0.798. The molecule has 3 heterocycles. The number of nitrogens with one attached hydrogen (secondary N) is 1.